The third-order valence-electron chi connectivity index (χ3n) is 6.55. The second-order valence-corrected chi connectivity index (χ2v) is 9.74. The van der Waals surface area contributed by atoms with Crippen molar-refractivity contribution in [3.05, 3.63) is 64.3 Å². The summed E-state index contributed by atoms with van der Waals surface area (Å²) in [6.07, 6.45) is 7.55. The van der Waals surface area contributed by atoms with Gasteiger partial charge in [-0.1, -0.05) is 12.7 Å². The Bertz CT molecular complexity index is 1200. The van der Waals surface area contributed by atoms with Gasteiger partial charge in [0.2, 0.25) is 5.91 Å². The molecule has 2 saturated carbocycles. The summed E-state index contributed by atoms with van der Waals surface area (Å²) < 4.78 is 6.54. The number of carbonyl (C=O) groups is 1. The minimum atomic E-state index is -0.302. The molecule has 1 amide bonds. The lowest BCUT2D eigenvalue weighted by molar-refractivity contribution is -0.131. The monoisotopic (exact) mass is 438 g/mol. The summed E-state index contributed by atoms with van der Waals surface area (Å²) in [5, 5.41) is 0.545. The molecule has 2 heterocycles. The highest BCUT2D eigenvalue weighted by Crippen LogP contribution is 2.39. The molecular weight excluding hydrogens is 412 g/mol. The Balaban J connectivity index is 1.53. The summed E-state index contributed by atoms with van der Waals surface area (Å²) in [6.45, 7) is 8.74. The van der Waals surface area contributed by atoms with Gasteiger partial charge in [0.1, 0.15) is 0 Å². The number of fused-ring (bicyclic) bond motifs is 1. The van der Waals surface area contributed by atoms with Crippen LogP contribution in [0, 0.1) is 5.92 Å². The molecule has 2 aromatic rings. The molecular formula is C23H26N4O3S. The zero-order chi connectivity index (χ0) is 21.8. The number of hydrogen-bond donors (Lipinski definition) is 1. The maximum Gasteiger partial charge on any atom is 0.331 e. The van der Waals surface area contributed by atoms with Crippen molar-refractivity contribution < 1.29 is 4.79 Å². The molecule has 1 aromatic carbocycles. The number of likely N-dealkylation sites (tertiary alicyclic amines) is 1. The van der Waals surface area contributed by atoms with Gasteiger partial charge >= 0.3 is 5.69 Å². The van der Waals surface area contributed by atoms with Gasteiger partial charge in [-0.15, -0.1) is 6.58 Å². The molecule has 1 aliphatic heterocycles. The van der Waals surface area contributed by atoms with Crippen LogP contribution in [0.4, 0.5) is 0 Å². The third-order valence-corrected chi connectivity index (χ3v) is 7.55. The largest absolute Gasteiger partial charge is 0.335 e. The molecule has 162 valence electrons. The fraction of sp³-hybridized carbons (Fsp3) is 0.435. The van der Waals surface area contributed by atoms with E-state index >= 15 is 0 Å². The summed E-state index contributed by atoms with van der Waals surface area (Å²) in [5.41, 5.74) is 0.112. The first kappa shape index (κ1) is 20.3. The van der Waals surface area contributed by atoms with Crippen LogP contribution in [-0.2, 0) is 11.3 Å². The van der Waals surface area contributed by atoms with Crippen LogP contribution in [-0.4, -0.2) is 38.6 Å². The lowest BCUT2D eigenvalue weighted by Gasteiger charge is -2.39. The van der Waals surface area contributed by atoms with E-state index < -0.39 is 0 Å². The molecule has 5 rings (SSSR count). The van der Waals surface area contributed by atoms with E-state index in [0.717, 1.165) is 30.6 Å². The van der Waals surface area contributed by atoms with E-state index in [1.54, 1.807) is 9.47 Å². The third kappa shape index (κ3) is 3.68. The van der Waals surface area contributed by atoms with Crippen molar-refractivity contribution >= 4 is 28.8 Å². The van der Waals surface area contributed by atoms with Crippen LogP contribution in [0.25, 0.3) is 10.9 Å². The molecule has 1 aromatic heterocycles. The van der Waals surface area contributed by atoms with E-state index in [1.807, 2.05) is 24.3 Å². The number of aromatic nitrogens is 2. The van der Waals surface area contributed by atoms with Crippen LogP contribution in [0.5, 0.6) is 0 Å². The molecule has 2 aliphatic carbocycles. The molecule has 7 nitrogen and oxygen atoms in total. The number of nitrogens with one attached hydrogen (secondary N) is 1. The maximum atomic E-state index is 13.4. The highest BCUT2D eigenvalue weighted by molar-refractivity contribution is 7.97. The minimum absolute atomic E-state index is 0.0162. The first-order valence-electron chi connectivity index (χ1n) is 10.7. The van der Waals surface area contributed by atoms with Gasteiger partial charge < -0.3 is 4.90 Å². The molecule has 0 radical (unpaired) electrons. The summed E-state index contributed by atoms with van der Waals surface area (Å²) in [4.78, 5) is 41.0. The molecule has 1 saturated heterocycles. The van der Waals surface area contributed by atoms with Crippen LogP contribution in [0.15, 0.2) is 58.0 Å². The summed E-state index contributed by atoms with van der Waals surface area (Å²) in [7, 11) is 0. The lowest BCUT2D eigenvalue weighted by atomic mass is 10.1. The molecule has 3 aliphatic rings. The van der Waals surface area contributed by atoms with E-state index in [1.165, 1.54) is 22.6 Å². The highest BCUT2D eigenvalue weighted by atomic mass is 32.2. The van der Waals surface area contributed by atoms with Crippen molar-refractivity contribution in [2.24, 2.45) is 5.92 Å². The number of rotatable bonds is 8. The average Bonchev–Trinajstić information content (AvgIpc) is 3.66. The molecule has 1 N–H and O–H groups in total. The summed E-state index contributed by atoms with van der Waals surface area (Å²) in [5.74, 6) is 0.314. The topological polar surface area (TPSA) is 76.3 Å². The normalized spacial score (nSPS) is 19.8. The Kier molecular flexibility index (Phi) is 4.94. The Morgan fingerprint density at radius 2 is 1.97 bits per heavy atom. The van der Waals surface area contributed by atoms with E-state index in [9.17, 15) is 14.4 Å². The van der Waals surface area contributed by atoms with E-state index in [0.29, 0.717) is 36.5 Å². The number of hydrogen-bond acceptors (Lipinski definition) is 5. The number of nitrogens with zero attached hydrogens (tertiary/aromatic N) is 3. The summed E-state index contributed by atoms with van der Waals surface area (Å²) >= 11 is 1.49. The van der Waals surface area contributed by atoms with Crippen LogP contribution in [0.1, 0.15) is 31.7 Å². The van der Waals surface area contributed by atoms with Crippen molar-refractivity contribution in [1.29, 1.82) is 0 Å². The van der Waals surface area contributed by atoms with Gasteiger partial charge in [0.05, 0.1) is 16.9 Å². The fourth-order valence-electron chi connectivity index (χ4n) is 4.06. The number of amides is 1. The van der Waals surface area contributed by atoms with Crippen LogP contribution < -0.4 is 16.0 Å². The second kappa shape index (κ2) is 7.53. The van der Waals surface area contributed by atoms with E-state index in [-0.39, 0.29) is 28.7 Å². The van der Waals surface area contributed by atoms with Crippen molar-refractivity contribution in [2.75, 3.05) is 13.1 Å². The average molecular weight is 439 g/mol. The van der Waals surface area contributed by atoms with Gasteiger partial charge in [-0.25, -0.2) is 9.52 Å². The van der Waals surface area contributed by atoms with Crippen molar-refractivity contribution in [2.45, 2.75) is 48.7 Å². The molecule has 31 heavy (non-hydrogen) atoms. The second-order valence-electron chi connectivity index (χ2n) is 8.86. The predicted molar refractivity (Wildman–Crippen MR) is 122 cm³/mol. The van der Waals surface area contributed by atoms with Gasteiger partial charge in [-0.05, 0) is 67.8 Å². The van der Waals surface area contributed by atoms with Crippen LogP contribution in [0.3, 0.4) is 0 Å². The lowest BCUT2D eigenvalue weighted by Crippen LogP contribution is -2.56. The Morgan fingerprint density at radius 3 is 2.58 bits per heavy atom. The Hall–Kier alpha value is -2.58. The van der Waals surface area contributed by atoms with Crippen LogP contribution >= 0.6 is 11.9 Å². The van der Waals surface area contributed by atoms with Crippen LogP contribution in [0.2, 0.25) is 0 Å². The zero-order valence-electron chi connectivity index (χ0n) is 17.4. The van der Waals surface area contributed by atoms with Crippen molar-refractivity contribution in [1.82, 2.24) is 18.8 Å². The molecule has 3 fully saturated rings. The van der Waals surface area contributed by atoms with Crippen molar-refractivity contribution in [3.8, 4) is 0 Å². The molecule has 0 atom stereocenters. The summed E-state index contributed by atoms with van der Waals surface area (Å²) in [6, 6.07) is 5.42. The first-order valence-corrected chi connectivity index (χ1v) is 11.5. The smallest absolute Gasteiger partial charge is 0.331 e. The zero-order valence-corrected chi connectivity index (χ0v) is 18.2. The number of benzene rings is 1. The van der Waals surface area contributed by atoms with Gasteiger partial charge in [0, 0.05) is 30.1 Å². The van der Waals surface area contributed by atoms with Gasteiger partial charge in [0.25, 0.3) is 5.56 Å². The predicted octanol–water partition coefficient (Wildman–Crippen LogP) is 2.46. The van der Waals surface area contributed by atoms with Crippen molar-refractivity contribution in [3.63, 3.8) is 0 Å². The van der Waals surface area contributed by atoms with E-state index in [2.05, 4.69) is 17.9 Å². The highest BCUT2D eigenvalue weighted by Gasteiger charge is 2.39. The quantitative estimate of drug-likeness (QED) is 0.389. The van der Waals surface area contributed by atoms with Gasteiger partial charge in [-0.2, -0.15) is 0 Å². The first-order chi connectivity index (χ1) is 14.9. The molecule has 0 bridgehead atoms. The SMILES string of the molecule is C=CC(=O)N1CC(n2c(=O)c3cc(SNC4(C=C)CC4)ccc3n(CC3CC3)c2=O)C1. The minimum Gasteiger partial charge on any atom is -0.335 e. The molecule has 0 spiro atoms. The number of carbonyl (C=O) groups excluding carboxylic acids is 1. The Morgan fingerprint density at radius 1 is 1.23 bits per heavy atom. The molecule has 0 unspecified atom stereocenters. The van der Waals surface area contributed by atoms with E-state index in [4.69, 9.17) is 0 Å². The van der Waals surface area contributed by atoms with Gasteiger partial charge in [0.15, 0.2) is 0 Å². The Labute approximate surface area is 184 Å². The standard InChI is InChI=1S/C23H26N4O3S/c1-3-20(28)25-13-16(14-25)27-21(29)18-11-17(31-24-23(4-2)9-10-23)7-8-19(18)26(22(27)30)12-15-5-6-15/h3-4,7-8,11,15-16,24H,1-2,5-6,9-10,12-14H2. The fourth-order valence-corrected chi connectivity index (χ4v) is 4.98. The van der Waals surface area contributed by atoms with Gasteiger partial charge in [-0.3, -0.25) is 18.7 Å². The maximum absolute atomic E-state index is 13.4. The molecule has 8 heteroatoms.